The van der Waals surface area contributed by atoms with Crippen LogP contribution in [0.15, 0.2) is 18.2 Å². The van der Waals surface area contributed by atoms with E-state index in [9.17, 15) is 5.11 Å². The van der Waals surface area contributed by atoms with Crippen LogP contribution in [-0.2, 0) is 0 Å². The van der Waals surface area contributed by atoms with Crippen LogP contribution < -0.4 is 4.74 Å². The first kappa shape index (κ1) is 13.0. The van der Waals surface area contributed by atoms with Gasteiger partial charge in [-0.3, -0.25) is 0 Å². The molecule has 2 N–H and O–H groups in total. The van der Waals surface area contributed by atoms with Gasteiger partial charge in [0.25, 0.3) is 0 Å². The topological polar surface area (TPSA) is 49.7 Å². The molecule has 0 radical (unpaired) electrons. The number of unbranched alkanes of at least 4 members (excludes halogenated alkanes) is 1. The first-order valence-electron chi connectivity index (χ1n) is 5.67. The van der Waals surface area contributed by atoms with Gasteiger partial charge in [-0.25, -0.2) is 0 Å². The largest absolute Gasteiger partial charge is 0.493 e. The lowest BCUT2D eigenvalue weighted by Gasteiger charge is -2.14. The minimum absolute atomic E-state index is 0.195. The van der Waals surface area contributed by atoms with Crippen LogP contribution in [0.4, 0.5) is 0 Å². The van der Waals surface area contributed by atoms with Crippen LogP contribution in [0.1, 0.15) is 37.0 Å². The Morgan fingerprint density at radius 2 is 2.06 bits per heavy atom. The highest BCUT2D eigenvalue weighted by Crippen LogP contribution is 2.26. The number of aryl methyl sites for hydroxylation is 1. The van der Waals surface area contributed by atoms with Crippen molar-refractivity contribution in [1.82, 2.24) is 0 Å². The maximum absolute atomic E-state index is 9.58. The van der Waals surface area contributed by atoms with Gasteiger partial charge in [-0.2, -0.15) is 0 Å². The molecule has 90 valence electrons. The third-order valence-corrected chi connectivity index (χ3v) is 2.43. The molecule has 1 atom stereocenters. The minimum Gasteiger partial charge on any atom is -0.493 e. The van der Waals surface area contributed by atoms with E-state index in [0.717, 1.165) is 29.7 Å². The maximum Gasteiger partial charge on any atom is 0.125 e. The van der Waals surface area contributed by atoms with Crippen molar-refractivity contribution < 1.29 is 14.9 Å². The Balaban J connectivity index is 2.65. The van der Waals surface area contributed by atoms with Crippen molar-refractivity contribution >= 4 is 0 Å². The summed E-state index contributed by atoms with van der Waals surface area (Å²) in [5.74, 6) is 0.743. The van der Waals surface area contributed by atoms with Gasteiger partial charge in [-0.15, -0.1) is 0 Å². The van der Waals surface area contributed by atoms with Crippen LogP contribution in [0.2, 0.25) is 0 Å². The summed E-state index contributed by atoms with van der Waals surface area (Å²) in [6, 6.07) is 5.78. The molecule has 0 amide bonds. The van der Waals surface area contributed by atoms with Crippen molar-refractivity contribution in [1.29, 1.82) is 0 Å². The molecule has 0 saturated carbocycles. The van der Waals surface area contributed by atoms with Crippen LogP contribution in [0.3, 0.4) is 0 Å². The van der Waals surface area contributed by atoms with Crippen molar-refractivity contribution in [2.24, 2.45) is 0 Å². The van der Waals surface area contributed by atoms with Gasteiger partial charge in [0.15, 0.2) is 0 Å². The zero-order valence-electron chi connectivity index (χ0n) is 9.94. The monoisotopic (exact) mass is 224 g/mol. The predicted molar refractivity (Wildman–Crippen MR) is 63.6 cm³/mol. The van der Waals surface area contributed by atoms with Crippen molar-refractivity contribution in [2.75, 3.05) is 13.2 Å². The van der Waals surface area contributed by atoms with Gasteiger partial charge in [0.2, 0.25) is 0 Å². The van der Waals surface area contributed by atoms with E-state index in [2.05, 4.69) is 0 Å². The van der Waals surface area contributed by atoms with Crippen LogP contribution in [0.5, 0.6) is 5.75 Å². The molecule has 1 aromatic carbocycles. The number of hydrogen-bond acceptors (Lipinski definition) is 3. The van der Waals surface area contributed by atoms with Gasteiger partial charge in [0.05, 0.1) is 12.7 Å². The highest BCUT2D eigenvalue weighted by molar-refractivity contribution is 5.38. The SMILES string of the molecule is Cc1ccc([C@@H](C)O)c(OCCCCO)c1. The van der Waals surface area contributed by atoms with E-state index in [1.54, 1.807) is 6.92 Å². The summed E-state index contributed by atoms with van der Waals surface area (Å²) in [7, 11) is 0. The molecular weight excluding hydrogens is 204 g/mol. The summed E-state index contributed by atoms with van der Waals surface area (Å²) in [5, 5.41) is 18.2. The molecular formula is C13H20O3. The zero-order valence-corrected chi connectivity index (χ0v) is 9.94. The molecule has 3 nitrogen and oxygen atoms in total. The summed E-state index contributed by atoms with van der Waals surface area (Å²) >= 11 is 0. The Morgan fingerprint density at radius 3 is 2.69 bits per heavy atom. The van der Waals surface area contributed by atoms with Crippen LogP contribution in [0.25, 0.3) is 0 Å². The summed E-state index contributed by atoms with van der Waals surface area (Å²) in [4.78, 5) is 0. The lowest BCUT2D eigenvalue weighted by molar-refractivity contribution is 0.189. The standard InChI is InChI=1S/C13H20O3/c1-10-5-6-12(11(2)15)13(9-10)16-8-4-3-7-14/h5-6,9,11,14-15H,3-4,7-8H2,1-2H3/t11-/m1/s1. The van der Waals surface area contributed by atoms with Crippen molar-refractivity contribution in [2.45, 2.75) is 32.8 Å². The number of hydrogen-bond donors (Lipinski definition) is 2. The Labute approximate surface area is 96.7 Å². The van der Waals surface area contributed by atoms with Crippen molar-refractivity contribution in [3.05, 3.63) is 29.3 Å². The molecule has 16 heavy (non-hydrogen) atoms. The van der Waals surface area contributed by atoms with Gasteiger partial charge in [-0.05, 0) is 38.3 Å². The van der Waals surface area contributed by atoms with Crippen LogP contribution in [0, 0.1) is 6.92 Å². The van der Waals surface area contributed by atoms with Gasteiger partial charge in [0, 0.05) is 12.2 Å². The van der Waals surface area contributed by atoms with Gasteiger partial charge in [-0.1, -0.05) is 12.1 Å². The highest BCUT2D eigenvalue weighted by Gasteiger charge is 2.08. The quantitative estimate of drug-likeness (QED) is 0.728. The summed E-state index contributed by atoms with van der Waals surface area (Å²) in [6.07, 6.45) is 1.05. The van der Waals surface area contributed by atoms with Gasteiger partial charge >= 0.3 is 0 Å². The average molecular weight is 224 g/mol. The molecule has 0 bridgehead atoms. The van der Waals surface area contributed by atoms with Gasteiger partial charge < -0.3 is 14.9 Å². The minimum atomic E-state index is -0.520. The first-order chi connectivity index (χ1) is 7.65. The number of rotatable bonds is 6. The Bertz CT molecular complexity index is 321. The molecule has 1 rings (SSSR count). The van der Waals surface area contributed by atoms with E-state index in [0.29, 0.717) is 6.61 Å². The summed E-state index contributed by atoms with van der Waals surface area (Å²) in [6.45, 7) is 4.49. The second-order valence-corrected chi connectivity index (χ2v) is 4.00. The highest BCUT2D eigenvalue weighted by atomic mass is 16.5. The van der Waals surface area contributed by atoms with E-state index in [4.69, 9.17) is 9.84 Å². The van der Waals surface area contributed by atoms with Crippen LogP contribution in [-0.4, -0.2) is 23.4 Å². The molecule has 0 unspecified atom stereocenters. The van der Waals surface area contributed by atoms with Crippen LogP contribution >= 0.6 is 0 Å². The lowest BCUT2D eigenvalue weighted by atomic mass is 10.1. The molecule has 0 saturated heterocycles. The normalized spacial score (nSPS) is 12.5. The molecule has 0 aliphatic rings. The fourth-order valence-corrected chi connectivity index (χ4v) is 1.51. The van der Waals surface area contributed by atoms with E-state index >= 15 is 0 Å². The average Bonchev–Trinajstić information content (AvgIpc) is 2.24. The number of aliphatic hydroxyl groups excluding tert-OH is 2. The Hall–Kier alpha value is -1.06. The lowest BCUT2D eigenvalue weighted by Crippen LogP contribution is -2.03. The van der Waals surface area contributed by atoms with E-state index in [1.165, 1.54) is 0 Å². The molecule has 0 heterocycles. The smallest absolute Gasteiger partial charge is 0.125 e. The molecule has 3 heteroatoms. The van der Waals surface area contributed by atoms with Gasteiger partial charge in [0.1, 0.15) is 5.75 Å². The molecule has 0 fully saturated rings. The number of ether oxygens (including phenoxy) is 1. The third-order valence-electron chi connectivity index (χ3n) is 2.43. The maximum atomic E-state index is 9.58. The molecule has 0 aliphatic carbocycles. The molecule has 0 aromatic heterocycles. The third kappa shape index (κ3) is 3.83. The molecule has 0 aliphatic heterocycles. The Morgan fingerprint density at radius 1 is 1.31 bits per heavy atom. The predicted octanol–water partition coefficient (Wildman–Crippen LogP) is 2.20. The summed E-state index contributed by atoms with van der Waals surface area (Å²) < 4.78 is 5.61. The summed E-state index contributed by atoms with van der Waals surface area (Å²) in [5.41, 5.74) is 1.93. The Kier molecular flexibility index (Phi) is 5.29. The van der Waals surface area contributed by atoms with E-state index in [-0.39, 0.29) is 6.61 Å². The van der Waals surface area contributed by atoms with Crippen molar-refractivity contribution in [3.8, 4) is 5.75 Å². The second-order valence-electron chi connectivity index (χ2n) is 4.00. The van der Waals surface area contributed by atoms with Crippen molar-refractivity contribution in [3.63, 3.8) is 0 Å². The molecule has 0 spiro atoms. The second kappa shape index (κ2) is 6.51. The fourth-order valence-electron chi connectivity index (χ4n) is 1.51. The van der Waals surface area contributed by atoms with E-state index < -0.39 is 6.10 Å². The molecule has 1 aromatic rings. The fraction of sp³-hybridized carbons (Fsp3) is 0.538. The first-order valence-corrected chi connectivity index (χ1v) is 5.67. The number of aliphatic hydroxyl groups is 2. The zero-order chi connectivity index (χ0) is 12.0. The van der Waals surface area contributed by atoms with E-state index in [1.807, 2.05) is 25.1 Å². The number of benzene rings is 1.